The van der Waals surface area contributed by atoms with Crippen molar-refractivity contribution in [2.24, 2.45) is 0 Å². The highest BCUT2D eigenvalue weighted by Gasteiger charge is 2.19. The number of aryl methyl sites for hydroxylation is 1. The summed E-state index contributed by atoms with van der Waals surface area (Å²) in [6, 6.07) is 4.19. The molecule has 5 rings (SSSR count). The van der Waals surface area contributed by atoms with Gasteiger partial charge in [-0.2, -0.15) is 0 Å². The van der Waals surface area contributed by atoms with Crippen LogP contribution in [0.15, 0.2) is 37.6 Å². The Morgan fingerprint density at radius 3 is 2.86 bits per heavy atom. The van der Waals surface area contributed by atoms with Crippen LogP contribution in [0.25, 0.3) is 20.7 Å². The number of nitrogens with zero attached hydrogens (tertiary/aromatic N) is 5. The highest BCUT2D eigenvalue weighted by Crippen LogP contribution is 2.41. The molecule has 0 atom stereocenters. The highest BCUT2D eigenvalue weighted by molar-refractivity contribution is 7.99. The Hall–Kier alpha value is -1.81. The quantitative estimate of drug-likeness (QED) is 0.401. The number of thiophene rings is 2. The minimum absolute atomic E-state index is 0.537. The molecule has 28 heavy (non-hydrogen) atoms. The van der Waals surface area contributed by atoms with Gasteiger partial charge in [0.1, 0.15) is 15.7 Å². The number of fused-ring (bicyclic) bond motifs is 1. The van der Waals surface area contributed by atoms with E-state index in [1.165, 1.54) is 41.5 Å². The van der Waals surface area contributed by atoms with Gasteiger partial charge < -0.3 is 4.42 Å². The number of hydrogen-bond donors (Lipinski definition) is 0. The van der Waals surface area contributed by atoms with Crippen molar-refractivity contribution in [2.75, 3.05) is 13.1 Å². The normalized spacial score (nSPS) is 15.5. The monoisotopic (exact) mass is 429 g/mol. The van der Waals surface area contributed by atoms with Crippen LogP contribution in [0.5, 0.6) is 0 Å². The highest BCUT2D eigenvalue weighted by atomic mass is 32.2. The molecule has 0 saturated carbocycles. The van der Waals surface area contributed by atoms with E-state index in [1.807, 2.05) is 6.92 Å². The average molecular weight is 430 g/mol. The van der Waals surface area contributed by atoms with Gasteiger partial charge in [0, 0.05) is 15.8 Å². The van der Waals surface area contributed by atoms with Crippen LogP contribution >= 0.6 is 34.4 Å². The van der Waals surface area contributed by atoms with Gasteiger partial charge in [-0.25, -0.2) is 9.97 Å². The number of likely N-dealkylation sites (tertiary alicyclic amines) is 1. The Kier molecular flexibility index (Phi) is 5.15. The van der Waals surface area contributed by atoms with E-state index in [4.69, 9.17) is 4.42 Å². The molecule has 1 aliphatic heterocycles. The molecule has 4 aromatic heterocycles. The molecule has 0 aromatic carbocycles. The molecule has 0 amide bonds. The number of piperidine rings is 1. The number of hydrogen-bond acceptors (Lipinski definition) is 9. The lowest BCUT2D eigenvalue weighted by Crippen LogP contribution is -2.29. The Balaban J connectivity index is 1.44. The first kappa shape index (κ1) is 18.2. The summed E-state index contributed by atoms with van der Waals surface area (Å²) in [5, 5.41) is 15.2. The van der Waals surface area contributed by atoms with E-state index < -0.39 is 0 Å². The topological polar surface area (TPSA) is 67.9 Å². The molecule has 0 bridgehead atoms. The van der Waals surface area contributed by atoms with Gasteiger partial charge >= 0.3 is 0 Å². The Morgan fingerprint density at radius 2 is 2.04 bits per heavy atom. The molecule has 0 aliphatic carbocycles. The van der Waals surface area contributed by atoms with Gasteiger partial charge in [0.2, 0.25) is 5.89 Å². The lowest BCUT2D eigenvalue weighted by Gasteiger charge is -2.24. The van der Waals surface area contributed by atoms with Crippen molar-refractivity contribution in [1.82, 2.24) is 25.1 Å². The summed E-state index contributed by atoms with van der Waals surface area (Å²) in [6.45, 7) is 4.86. The van der Waals surface area contributed by atoms with Crippen LogP contribution < -0.4 is 0 Å². The van der Waals surface area contributed by atoms with Crippen molar-refractivity contribution < 1.29 is 4.42 Å². The largest absolute Gasteiger partial charge is 0.414 e. The third kappa shape index (κ3) is 3.71. The maximum Gasteiger partial charge on any atom is 0.283 e. The summed E-state index contributed by atoms with van der Waals surface area (Å²) in [4.78, 5) is 13.9. The lowest BCUT2D eigenvalue weighted by atomic mass is 10.1. The van der Waals surface area contributed by atoms with Crippen LogP contribution in [0.3, 0.4) is 0 Å². The van der Waals surface area contributed by atoms with Gasteiger partial charge in [0.05, 0.1) is 11.9 Å². The van der Waals surface area contributed by atoms with E-state index in [2.05, 4.69) is 48.0 Å². The molecular formula is C19H19N5OS3. The molecule has 0 radical (unpaired) electrons. The van der Waals surface area contributed by atoms with Crippen LogP contribution in [0, 0.1) is 6.92 Å². The minimum Gasteiger partial charge on any atom is -0.414 e. The van der Waals surface area contributed by atoms with E-state index in [-0.39, 0.29) is 0 Å². The summed E-state index contributed by atoms with van der Waals surface area (Å²) >= 11 is 4.80. The fourth-order valence-corrected chi connectivity index (χ4v) is 6.18. The molecule has 144 valence electrons. The van der Waals surface area contributed by atoms with Gasteiger partial charge in [0.25, 0.3) is 5.22 Å². The molecule has 9 heteroatoms. The van der Waals surface area contributed by atoms with E-state index in [0.717, 1.165) is 40.7 Å². The second-order valence-corrected chi connectivity index (χ2v) is 9.53. The summed E-state index contributed by atoms with van der Waals surface area (Å²) in [5.41, 5.74) is 1.17. The van der Waals surface area contributed by atoms with Crippen LogP contribution in [0.1, 0.15) is 31.0 Å². The van der Waals surface area contributed by atoms with Crippen molar-refractivity contribution in [2.45, 2.75) is 43.0 Å². The second-order valence-electron chi connectivity index (χ2n) is 6.78. The Labute approximate surface area is 175 Å². The first-order valence-electron chi connectivity index (χ1n) is 9.28. The zero-order chi connectivity index (χ0) is 18.9. The minimum atomic E-state index is 0.537. The summed E-state index contributed by atoms with van der Waals surface area (Å²) in [5.74, 6) is 1.43. The molecule has 1 aliphatic rings. The van der Waals surface area contributed by atoms with Crippen molar-refractivity contribution in [1.29, 1.82) is 0 Å². The zero-order valence-electron chi connectivity index (χ0n) is 15.4. The molecule has 1 fully saturated rings. The van der Waals surface area contributed by atoms with Crippen LogP contribution in [0.2, 0.25) is 0 Å². The molecular weight excluding hydrogens is 410 g/mol. The third-order valence-electron chi connectivity index (χ3n) is 4.74. The zero-order valence-corrected chi connectivity index (χ0v) is 17.9. The van der Waals surface area contributed by atoms with Gasteiger partial charge in [-0.05, 0) is 56.1 Å². The smallest absolute Gasteiger partial charge is 0.283 e. The molecule has 0 spiro atoms. The lowest BCUT2D eigenvalue weighted by molar-refractivity contribution is 0.197. The van der Waals surface area contributed by atoms with Gasteiger partial charge in [-0.15, -0.1) is 32.9 Å². The fraction of sp³-hybridized carbons (Fsp3) is 0.368. The first-order chi connectivity index (χ1) is 13.8. The molecule has 6 nitrogen and oxygen atoms in total. The Morgan fingerprint density at radius 1 is 1.14 bits per heavy atom. The standard InChI is InChI=1S/C19H19N5OS3/c1-12-20-17-16(13(11-27-17)14-6-5-9-26-14)18(21-12)28-19-23-22-15(25-19)10-24-7-3-2-4-8-24/h5-6,9,11H,2-4,7-8,10H2,1H3. The van der Waals surface area contributed by atoms with Crippen LogP contribution in [-0.2, 0) is 6.54 Å². The van der Waals surface area contributed by atoms with Gasteiger partial charge in [0.15, 0.2) is 0 Å². The van der Waals surface area contributed by atoms with Crippen LogP contribution in [0.4, 0.5) is 0 Å². The van der Waals surface area contributed by atoms with Crippen molar-refractivity contribution >= 4 is 44.7 Å². The van der Waals surface area contributed by atoms with E-state index in [1.54, 1.807) is 22.7 Å². The number of aromatic nitrogens is 4. The molecule has 1 saturated heterocycles. The summed E-state index contributed by atoms with van der Waals surface area (Å²) < 4.78 is 5.93. The average Bonchev–Trinajstić information content (AvgIpc) is 3.43. The predicted molar refractivity (Wildman–Crippen MR) is 113 cm³/mol. The summed E-state index contributed by atoms with van der Waals surface area (Å²) in [7, 11) is 0. The number of rotatable bonds is 5. The van der Waals surface area contributed by atoms with Crippen molar-refractivity contribution in [3.8, 4) is 10.4 Å². The van der Waals surface area contributed by atoms with Gasteiger partial charge in [-0.1, -0.05) is 12.5 Å². The molecule has 0 unspecified atom stereocenters. The maximum atomic E-state index is 5.93. The fourth-order valence-electron chi connectivity index (χ4n) is 3.43. The van der Waals surface area contributed by atoms with Gasteiger partial charge in [-0.3, -0.25) is 4.90 Å². The molecule has 0 N–H and O–H groups in total. The SMILES string of the molecule is Cc1nc(Sc2nnc(CN3CCCCC3)o2)c2c(-c3cccs3)csc2n1. The third-order valence-corrected chi connectivity index (χ3v) is 7.34. The van der Waals surface area contributed by atoms with Crippen molar-refractivity contribution in [3.63, 3.8) is 0 Å². The molecule has 4 aromatic rings. The van der Waals surface area contributed by atoms with Crippen molar-refractivity contribution in [3.05, 3.63) is 34.6 Å². The maximum absolute atomic E-state index is 5.93. The first-order valence-corrected chi connectivity index (χ1v) is 11.9. The summed E-state index contributed by atoms with van der Waals surface area (Å²) in [6.07, 6.45) is 3.81. The van der Waals surface area contributed by atoms with Crippen LogP contribution in [-0.4, -0.2) is 38.2 Å². The van der Waals surface area contributed by atoms with E-state index in [0.29, 0.717) is 11.1 Å². The Bertz CT molecular complexity index is 1080. The second kappa shape index (κ2) is 7.90. The van der Waals surface area contributed by atoms with E-state index >= 15 is 0 Å². The molecule has 5 heterocycles. The van der Waals surface area contributed by atoms with E-state index in [9.17, 15) is 0 Å². The predicted octanol–water partition coefficient (Wildman–Crippen LogP) is 5.25.